The van der Waals surface area contributed by atoms with Crippen molar-refractivity contribution in [3.8, 4) is 0 Å². The van der Waals surface area contributed by atoms with Gasteiger partial charge in [0.1, 0.15) is 0 Å². The Labute approximate surface area is 159 Å². The SMILES string of the molecule is Cc1ccc(C)c(NC2=NC(NO)C(F)=CN2Cc2cc(F)c(F)c(F)c2)c1. The van der Waals surface area contributed by atoms with Crippen LogP contribution in [0.4, 0.5) is 23.2 Å². The second-order valence-corrected chi connectivity index (χ2v) is 6.44. The summed E-state index contributed by atoms with van der Waals surface area (Å²) in [5.41, 5.74) is 4.36. The van der Waals surface area contributed by atoms with Gasteiger partial charge in [-0.3, -0.25) is 0 Å². The summed E-state index contributed by atoms with van der Waals surface area (Å²) in [7, 11) is 0. The summed E-state index contributed by atoms with van der Waals surface area (Å²) in [4.78, 5) is 5.33. The van der Waals surface area contributed by atoms with Crippen LogP contribution in [0.5, 0.6) is 0 Å². The van der Waals surface area contributed by atoms with Crippen LogP contribution in [-0.4, -0.2) is 22.2 Å². The van der Waals surface area contributed by atoms with Gasteiger partial charge in [-0.05, 0) is 48.7 Å². The number of guanidine groups is 1. The maximum atomic E-state index is 14.1. The Hall–Kier alpha value is -2.91. The molecule has 2 aromatic rings. The van der Waals surface area contributed by atoms with Crippen molar-refractivity contribution in [2.75, 3.05) is 5.32 Å². The summed E-state index contributed by atoms with van der Waals surface area (Å²) >= 11 is 0. The van der Waals surface area contributed by atoms with E-state index in [2.05, 4.69) is 10.3 Å². The van der Waals surface area contributed by atoms with E-state index < -0.39 is 29.4 Å². The fourth-order valence-electron chi connectivity index (χ4n) is 2.74. The van der Waals surface area contributed by atoms with Gasteiger partial charge in [0.05, 0.1) is 6.54 Å². The maximum absolute atomic E-state index is 14.1. The molecule has 0 radical (unpaired) electrons. The Bertz CT molecular complexity index is 938. The highest BCUT2D eigenvalue weighted by Gasteiger charge is 2.25. The number of nitrogens with one attached hydrogen (secondary N) is 2. The van der Waals surface area contributed by atoms with E-state index in [1.165, 1.54) is 4.90 Å². The largest absolute Gasteiger partial charge is 0.326 e. The Balaban J connectivity index is 1.93. The maximum Gasteiger partial charge on any atom is 0.205 e. The van der Waals surface area contributed by atoms with Gasteiger partial charge < -0.3 is 15.4 Å². The van der Waals surface area contributed by atoms with Crippen LogP contribution in [0.3, 0.4) is 0 Å². The molecule has 28 heavy (non-hydrogen) atoms. The lowest BCUT2D eigenvalue weighted by molar-refractivity contribution is 0.129. The van der Waals surface area contributed by atoms with E-state index in [1.54, 1.807) is 5.48 Å². The van der Waals surface area contributed by atoms with Crippen molar-refractivity contribution in [3.05, 3.63) is 76.5 Å². The highest BCUT2D eigenvalue weighted by Crippen LogP contribution is 2.23. The third-order valence-electron chi connectivity index (χ3n) is 4.22. The van der Waals surface area contributed by atoms with E-state index in [9.17, 15) is 17.6 Å². The van der Waals surface area contributed by atoms with Crippen LogP contribution in [-0.2, 0) is 6.54 Å². The van der Waals surface area contributed by atoms with Crippen molar-refractivity contribution >= 4 is 11.6 Å². The molecule has 148 valence electrons. The third kappa shape index (κ3) is 4.15. The van der Waals surface area contributed by atoms with Gasteiger partial charge in [-0.2, -0.15) is 5.48 Å². The molecule has 3 N–H and O–H groups in total. The smallest absolute Gasteiger partial charge is 0.205 e. The fourth-order valence-corrected chi connectivity index (χ4v) is 2.74. The number of halogens is 4. The lowest BCUT2D eigenvalue weighted by atomic mass is 10.1. The van der Waals surface area contributed by atoms with Gasteiger partial charge in [-0.15, -0.1) is 0 Å². The molecule has 0 aliphatic carbocycles. The topological polar surface area (TPSA) is 59.9 Å². The zero-order valence-corrected chi connectivity index (χ0v) is 15.1. The van der Waals surface area contributed by atoms with Gasteiger partial charge in [-0.25, -0.2) is 22.6 Å². The number of nitrogens with zero attached hydrogens (tertiary/aromatic N) is 2. The van der Waals surface area contributed by atoms with Gasteiger partial charge >= 0.3 is 0 Å². The molecular formula is C19H18F4N4O. The average molecular weight is 394 g/mol. The molecule has 0 fully saturated rings. The quantitative estimate of drug-likeness (QED) is 0.415. The molecule has 0 bridgehead atoms. The van der Waals surface area contributed by atoms with Crippen molar-refractivity contribution in [3.63, 3.8) is 0 Å². The summed E-state index contributed by atoms with van der Waals surface area (Å²) in [6.45, 7) is 3.57. The molecule has 3 rings (SSSR count). The van der Waals surface area contributed by atoms with E-state index in [0.29, 0.717) is 5.69 Å². The minimum atomic E-state index is -1.57. The summed E-state index contributed by atoms with van der Waals surface area (Å²) in [6.07, 6.45) is -0.293. The third-order valence-corrected chi connectivity index (χ3v) is 4.22. The van der Waals surface area contributed by atoms with Crippen LogP contribution in [0.1, 0.15) is 16.7 Å². The number of hydrogen-bond donors (Lipinski definition) is 3. The fraction of sp³-hybridized carbons (Fsp3) is 0.211. The molecule has 0 amide bonds. The number of aliphatic imine (C=N–C) groups is 1. The predicted octanol–water partition coefficient (Wildman–Crippen LogP) is 4.12. The minimum absolute atomic E-state index is 0.0753. The van der Waals surface area contributed by atoms with Crippen molar-refractivity contribution < 1.29 is 22.8 Å². The van der Waals surface area contributed by atoms with Crippen LogP contribution >= 0.6 is 0 Å². The van der Waals surface area contributed by atoms with E-state index in [-0.39, 0.29) is 18.1 Å². The number of hydrogen-bond acceptors (Lipinski definition) is 5. The predicted molar refractivity (Wildman–Crippen MR) is 96.7 cm³/mol. The lowest BCUT2D eigenvalue weighted by Gasteiger charge is -2.29. The van der Waals surface area contributed by atoms with Gasteiger partial charge in [0.25, 0.3) is 0 Å². The molecule has 0 spiro atoms. The van der Waals surface area contributed by atoms with Crippen LogP contribution in [0, 0.1) is 31.3 Å². The minimum Gasteiger partial charge on any atom is -0.326 e. The Kier molecular flexibility index (Phi) is 5.66. The molecule has 0 saturated carbocycles. The first-order valence-corrected chi connectivity index (χ1v) is 8.37. The zero-order chi connectivity index (χ0) is 20.4. The van der Waals surface area contributed by atoms with Gasteiger partial charge in [-0.1, -0.05) is 12.1 Å². The summed E-state index contributed by atoms with van der Waals surface area (Å²) < 4.78 is 54.4. The van der Waals surface area contributed by atoms with E-state index in [1.807, 2.05) is 32.0 Å². The molecular weight excluding hydrogens is 376 g/mol. The van der Waals surface area contributed by atoms with E-state index in [4.69, 9.17) is 5.21 Å². The second kappa shape index (κ2) is 7.99. The molecule has 5 nitrogen and oxygen atoms in total. The lowest BCUT2D eigenvalue weighted by Crippen LogP contribution is -2.40. The van der Waals surface area contributed by atoms with Crippen molar-refractivity contribution in [2.45, 2.75) is 26.6 Å². The zero-order valence-electron chi connectivity index (χ0n) is 15.1. The van der Waals surface area contributed by atoms with Crippen LogP contribution in [0.25, 0.3) is 0 Å². The number of hydroxylamine groups is 1. The summed E-state index contributed by atoms with van der Waals surface area (Å²) in [5.74, 6) is -4.93. The first-order valence-electron chi connectivity index (χ1n) is 8.37. The molecule has 2 aromatic carbocycles. The molecule has 1 atom stereocenters. The molecule has 0 saturated heterocycles. The Morgan fingerprint density at radius 1 is 1.07 bits per heavy atom. The van der Waals surface area contributed by atoms with Gasteiger partial charge in [0.15, 0.2) is 29.4 Å². The number of aryl methyl sites for hydroxylation is 2. The standard InChI is InChI=1S/C19H18F4N4O/c1-10-3-4-11(2)16(5-10)24-19-25-18(26-28)15(22)9-27(19)8-12-6-13(20)17(23)14(21)7-12/h3-7,9,18,26,28H,8H2,1-2H3,(H,24,25). The Morgan fingerprint density at radius 2 is 1.75 bits per heavy atom. The van der Waals surface area contributed by atoms with Crippen molar-refractivity contribution in [1.82, 2.24) is 10.4 Å². The highest BCUT2D eigenvalue weighted by molar-refractivity contribution is 5.95. The molecule has 1 unspecified atom stereocenters. The normalized spacial score (nSPS) is 16.7. The number of benzene rings is 2. The number of rotatable bonds is 4. The highest BCUT2D eigenvalue weighted by atomic mass is 19.2. The van der Waals surface area contributed by atoms with Crippen molar-refractivity contribution in [2.24, 2.45) is 4.99 Å². The first-order chi connectivity index (χ1) is 13.3. The molecule has 1 heterocycles. The second-order valence-electron chi connectivity index (χ2n) is 6.44. The molecule has 1 aliphatic rings. The van der Waals surface area contributed by atoms with E-state index in [0.717, 1.165) is 29.5 Å². The van der Waals surface area contributed by atoms with Crippen LogP contribution < -0.4 is 10.8 Å². The molecule has 9 heteroatoms. The monoisotopic (exact) mass is 394 g/mol. The van der Waals surface area contributed by atoms with Crippen LogP contribution in [0.15, 0.2) is 47.4 Å². The van der Waals surface area contributed by atoms with Gasteiger partial charge in [0, 0.05) is 11.9 Å². The van der Waals surface area contributed by atoms with Crippen molar-refractivity contribution in [1.29, 1.82) is 0 Å². The first kappa shape index (κ1) is 19.8. The molecule has 1 aliphatic heterocycles. The summed E-state index contributed by atoms with van der Waals surface area (Å²) in [5, 5.41) is 12.1. The van der Waals surface area contributed by atoms with Gasteiger partial charge in [0.2, 0.25) is 5.96 Å². The summed E-state index contributed by atoms with van der Waals surface area (Å²) in [6, 6.07) is 7.31. The Morgan fingerprint density at radius 3 is 2.39 bits per heavy atom. The van der Waals surface area contributed by atoms with E-state index >= 15 is 0 Å². The van der Waals surface area contributed by atoms with Crippen LogP contribution in [0.2, 0.25) is 0 Å². The molecule has 0 aromatic heterocycles. The number of anilines is 1. The average Bonchev–Trinajstić information content (AvgIpc) is 2.64.